The fourth-order valence-electron chi connectivity index (χ4n) is 2.29. The average molecular weight is 272 g/mol. The minimum Gasteiger partial charge on any atom is -0.383 e. The first-order valence-electron chi connectivity index (χ1n) is 6.10. The van der Waals surface area contributed by atoms with Gasteiger partial charge in [0, 0.05) is 19.6 Å². The van der Waals surface area contributed by atoms with Crippen LogP contribution in [-0.4, -0.2) is 42.4 Å². The number of methoxy groups -OCH3 is 1. The monoisotopic (exact) mass is 271 g/mol. The van der Waals surface area contributed by atoms with E-state index in [1.54, 1.807) is 11.8 Å². The molecule has 0 aromatic carbocycles. The molecule has 0 spiro atoms. The topological polar surface area (TPSA) is 56.2 Å². The van der Waals surface area contributed by atoms with Crippen LogP contribution >= 0.6 is 11.6 Å². The van der Waals surface area contributed by atoms with Crippen molar-refractivity contribution in [2.24, 2.45) is 11.8 Å². The van der Waals surface area contributed by atoms with Gasteiger partial charge >= 0.3 is 0 Å². The van der Waals surface area contributed by atoms with Crippen LogP contribution in [0.2, 0.25) is 5.02 Å². The highest BCUT2D eigenvalue weighted by Gasteiger charge is 2.33. The summed E-state index contributed by atoms with van der Waals surface area (Å²) in [6.45, 7) is 4.72. The number of carbonyl (C=O) groups excluding carboxylic acids is 1. The SMILES string of the molecule is COCCn1ncc(Cl)c1C(=O)C1CNCC1C. The van der Waals surface area contributed by atoms with Crippen molar-refractivity contribution >= 4 is 17.4 Å². The van der Waals surface area contributed by atoms with E-state index in [0.717, 1.165) is 6.54 Å². The normalized spacial score (nSPS) is 23.5. The minimum absolute atomic E-state index is 0.0134. The van der Waals surface area contributed by atoms with Gasteiger partial charge in [-0.25, -0.2) is 0 Å². The van der Waals surface area contributed by atoms with Gasteiger partial charge in [0.15, 0.2) is 5.78 Å². The van der Waals surface area contributed by atoms with Crippen molar-refractivity contribution in [1.82, 2.24) is 15.1 Å². The first-order valence-corrected chi connectivity index (χ1v) is 6.48. The molecule has 1 fully saturated rings. The van der Waals surface area contributed by atoms with Crippen molar-refractivity contribution in [2.45, 2.75) is 13.5 Å². The van der Waals surface area contributed by atoms with Gasteiger partial charge in [-0.15, -0.1) is 0 Å². The Balaban J connectivity index is 2.20. The molecule has 2 rings (SSSR count). The van der Waals surface area contributed by atoms with Crippen molar-refractivity contribution < 1.29 is 9.53 Å². The number of nitrogens with zero attached hydrogens (tertiary/aromatic N) is 2. The van der Waals surface area contributed by atoms with Crippen LogP contribution in [-0.2, 0) is 11.3 Å². The van der Waals surface area contributed by atoms with Crippen molar-refractivity contribution in [3.05, 3.63) is 16.9 Å². The second-order valence-electron chi connectivity index (χ2n) is 4.66. The fraction of sp³-hybridized carbons (Fsp3) is 0.667. The molecule has 18 heavy (non-hydrogen) atoms. The zero-order chi connectivity index (χ0) is 13.1. The third-order valence-electron chi connectivity index (χ3n) is 3.39. The Kier molecular flexibility index (Phi) is 4.37. The van der Waals surface area contributed by atoms with Crippen LogP contribution in [0.25, 0.3) is 0 Å². The summed E-state index contributed by atoms with van der Waals surface area (Å²) in [5.74, 6) is 0.394. The van der Waals surface area contributed by atoms with Gasteiger partial charge in [0.2, 0.25) is 0 Å². The minimum atomic E-state index is -0.0134. The number of rotatable bonds is 5. The van der Waals surface area contributed by atoms with E-state index in [9.17, 15) is 4.79 Å². The van der Waals surface area contributed by atoms with Crippen LogP contribution < -0.4 is 5.32 Å². The van der Waals surface area contributed by atoms with Gasteiger partial charge in [0.25, 0.3) is 0 Å². The summed E-state index contributed by atoms with van der Waals surface area (Å²) in [5, 5.41) is 7.79. The summed E-state index contributed by atoms with van der Waals surface area (Å²) in [7, 11) is 1.62. The zero-order valence-electron chi connectivity index (χ0n) is 10.6. The smallest absolute Gasteiger partial charge is 0.187 e. The predicted molar refractivity (Wildman–Crippen MR) is 69.0 cm³/mol. The first kappa shape index (κ1) is 13.5. The second-order valence-corrected chi connectivity index (χ2v) is 5.07. The van der Waals surface area contributed by atoms with Crippen LogP contribution in [0.4, 0.5) is 0 Å². The number of halogens is 1. The van der Waals surface area contributed by atoms with E-state index in [4.69, 9.17) is 16.3 Å². The van der Waals surface area contributed by atoms with E-state index < -0.39 is 0 Å². The molecule has 1 aliphatic rings. The number of hydrogen-bond acceptors (Lipinski definition) is 4. The molecule has 0 radical (unpaired) electrons. The Morgan fingerprint density at radius 3 is 3.06 bits per heavy atom. The van der Waals surface area contributed by atoms with Crippen LogP contribution in [0.3, 0.4) is 0 Å². The molecule has 2 unspecified atom stereocenters. The lowest BCUT2D eigenvalue weighted by Crippen LogP contribution is -2.25. The average Bonchev–Trinajstić information content (AvgIpc) is 2.92. The zero-order valence-corrected chi connectivity index (χ0v) is 11.4. The molecular weight excluding hydrogens is 254 g/mol. The summed E-state index contributed by atoms with van der Waals surface area (Å²) in [6.07, 6.45) is 1.53. The third kappa shape index (κ3) is 2.58. The maximum atomic E-state index is 12.5. The van der Waals surface area contributed by atoms with E-state index in [2.05, 4.69) is 17.3 Å². The number of Topliss-reactive ketones (excluding diaryl/α,β-unsaturated/α-hetero) is 1. The number of carbonyl (C=O) groups is 1. The van der Waals surface area contributed by atoms with Crippen LogP contribution in [0.1, 0.15) is 17.4 Å². The highest BCUT2D eigenvalue weighted by molar-refractivity contribution is 6.33. The van der Waals surface area contributed by atoms with E-state index >= 15 is 0 Å². The molecule has 5 nitrogen and oxygen atoms in total. The first-order chi connectivity index (χ1) is 8.65. The van der Waals surface area contributed by atoms with Gasteiger partial charge < -0.3 is 10.1 Å². The number of ether oxygens (including phenoxy) is 1. The number of hydrogen-bond donors (Lipinski definition) is 1. The summed E-state index contributed by atoms with van der Waals surface area (Å²) in [5.41, 5.74) is 0.509. The maximum Gasteiger partial charge on any atom is 0.187 e. The molecular formula is C12H18ClN3O2. The molecule has 0 saturated carbocycles. The molecule has 2 heterocycles. The summed E-state index contributed by atoms with van der Waals surface area (Å²) in [6, 6.07) is 0. The van der Waals surface area contributed by atoms with Crippen molar-refractivity contribution in [3.8, 4) is 0 Å². The molecule has 1 aliphatic heterocycles. The summed E-state index contributed by atoms with van der Waals surface area (Å²) < 4.78 is 6.65. The van der Waals surface area contributed by atoms with Crippen LogP contribution in [0.15, 0.2) is 6.20 Å². The molecule has 100 valence electrons. The van der Waals surface area contributed by atoms with E-state index in [1.165, 1.54) is 6.20 Å². The Labute approximate surface area is 111 Å². The molecule has 1 aromatic heterocycles. The Morgan fingerprint density at radius 2 is 2.44 bits per heavy atom. The highest BCUT2D eigenvalue weighted by atomic mass is 35.5. The second kappa shape index (κ2) is 5.82. The number of ketones is 1. The maximum absolute atomic E-state index is 12.5. The van der Waals surface area contributed by atoms with Gasteiger partial charge in [-0.05, 0) is 12.5 Å². The van der Waals surface area contributed by atoms with Crippen LogP contribution in [0.5, 0.6) is 0 Å². The number of nitrogens with one attached hydrogen (secondary N) is 1. The van der Waals surface area contributed by atoms with Gasteiger partial charge in [-0.2, -0.15) is 5.10 Å². The molecule has 2 atom stereocenters. The standard InChI is InChI=1S/C12H18ClN3O2/c1-8-5-14-6-9(8)12(17)11-10(13)7-15-16(11)3-4-18-2/h7-9,14H,3-6H2,1-2H3. The largest absolute Gasteiger partial charge is 0.383 e. The molecule has 1 N–H and O–H groups in total. The Bertz CT molecular complexity index is 433. The molecule has 0 amide bonds. The van der Waals surface area contributed by atoms with E-state index in [1.807, 2.05) is 0 Å². The molecule has 0 bridgehead atoms. The van der Waals surface area contributed by atoms with Gasteiger partial charge in [-0.3, -0.25) is 9.48 Å². The quantitative estimate of drug-likeness (QED) is 0.818. The number of aromatic nitrogens is 2. The lowest BCUT2D eigenvalue weighted by molar-refractivity contribution is 0.0893. The lowest BCUT2D eigenvalue weighted by atomic mass is 9.92. The fourth-order valence-corrected chi connectivity index (χ4v) is 2.53. The van der Waals surface area contributed by atoms with E-state index in [-0.39, 0.29) is 11.7 Å². The van der Waals surface area contributed by atoms with Crippen molar-refractivity contribution in [1.29, 1.82) is 0 Å². The van der Waals surface area contributed by atoms with Crippen LogP contribution in [0, 0.1) is 11.8 Å². The Morgan fingerprint density at radius 1 is 1.67 bits per heavy atom. The summed E-state index contributed by atoms with van der Waals surface area (Å²) >= 11 is 6.08. The Hall–Kier alpha value is -0.910. The van der Waals surface area contributed by atoms with E-state index in [0.29, 0.717) is 36.3 Å². The highest BCUT2D eigenvalue weighted by Crippen LogP contribution is 2.25. The molecule has 1 aromatic rings. The predicted octanol–water partition coefficient (Wildman–Crippen LogP) is 1.22. The third-order valence-corrected chi connectivity index (χ3v) is 3.67. The van der Waals surface area contributed by atoms with Gasteiger partial charge in [0.05, 0.1) is 24.4 Å². The molecule has 0 aliphatic carbocycles. The molecule has 6 heteroatoms. The van der Waals surface area contributed by atoms with Crippen molar-refractivity contribution in [2.75, 3.05) is 26.8 Å². The lowest BCUT2D eigenvalue weighted by Gasteiger charge is -2.14. The molecule has 1 saturated heterocycles. The summed E-state index contributed by atoms with van der Waals surface area (Å²) in [4.78, 5) is 12.5. The van der Waals surface area contributed by atoms with Crippen molar-refractivity contribution in [3.63, 3.8) is 0 Å². The van der Waals surface area contributed by atoms with Gasteiger partial charge in [-0.1, -0.05) is 18.5 Å². The van der Waals surface area contributed by atoms with Gasteiger partial charge in [0.1, 0.15) is 5.69 Å².